The fourth-order valence-corrected chi connectivity index (χ4v) is 1.61. The Morgan fingerprint density at radius 3 is 2.59 bits per heavy atom. The summed E-state index contributed by atoms with van der Waals surface area (Å²) in [5.41, 5.74) is 1.59. The molecule has 0 saturated heterocycles. The van der Waals surface area contributed by atoms with Gasteiger partial charge < -0.3 is 10.6 Å². The molecule has 1 aromatic rings. The standard InChI is InChI=1S/C12H17ClN2O.ClH/c1-8-4-10(6-11(13)5-8)12(16)15-7-9(2)14-3;/h4-6,9,14H,7H2,1-3H3,(H,15,16);1H. The Labute approximate surface area is 113 Å². The van der Waals surface area contributed by atoms with Crippen LogP contribution in [0.4, 0.5) is 0 Å². The highest BCUT2D eigenvalue weighted by atomic mass is 35.5. The van der Waals surface area contributed by atoms with Crippen LogP contribution in [0.3, 0.4) is 0 Å². The Morgan fingerprint density at radius 1 is 1.41 bits per heavy atom. The van der Waals surface area contributed by atoms with Crippen LogP contribution < -0.4 is 10.6 Å². The summed E-state index contributed by atoms with van der Waals surface area (Å²) in [4.78, 5) is 11.8. The van der Waals surface area contributed by atoms with Gasteiger partial charge in [0.05, 0.1) is 0 Å². The third kappa shape index (κ3) is 5.39. The van der Waals surface area contributed by atoms with Crippen LogP contribution in [0, 0.1) is 6.92 Å². The van der Waals surface area contributed by atoms with Crippen molar-refractivity contribution in [2.24, 2.45) is 0 Å². The molecule has 5 heteroatoms. The van der Waals surface area contributed by atoms with Gasteiger partial charge in [-0.3, -0.25) is 4.79 Å². The quantitative estimate of drug-likeness (QED) is 0.887. The number of hydrogen-bond acceptors (Lipinski definition) is 2. The van der Waals surface area contributed by atoms with Crippen molar-refractivity contribution in [2.75, 3.05) is 13.6 Å². The molecule has 0 fully saturated rings. The Hall–Kier alpha value is -0.770. The average molecular weight is 277 g/mol. The molecular formula is C12H18Cl2N2O. The normalized spacial score (nSPS) is 11.5. The van der Waals surface area contributed by atoms with E-state index in [1.165, 1.54) is 0 Å². The molecule has 0 spiro atoms. The van der Waals surface area contributed by atoms with E-state index in [9.17, 15) is 4.79 Å². The lowest BCUT2D eigenvalue weighted by molar-refractivity contribution is 0.0950. The zero-order valence-electron chi connectivity index (χ0n) is 10.2. The van der Waals surface area contributed by atoms with Crippen molar-refractivity contribution in [1.29, 1.82) is 0 Å². The summed E-state index contributed by atoms with van der Waals surface area (Å²) < 4.78 is 0. The van der Waals surface area contributed by atoms with E-state index in [0.29, 0.717) is 17.1 Å². The van der Waals surface area contributed by atoms with Gasteiger partial charge in [0.15, 0.2) is 0 Å². The second kappa shape index (κ2) is 7.54. The molecule has 1 rings (SSSR count). The molecule has 0 aliphatic carbocycles. The van der Waals surface area contributed by atoms with Gasteiger partial charge in [-0.05, 0) is 44.7 Å². The van der Waals surface area contributed by atoms with Crippen molar-refractivity contribution in [3.05, 3.63) is 34.3 Å². The van der Waals surface area contributed by atoms with Gasteiger partial charge >= 0.3 is 0 Å². The van der Waals surface area contributed by atoms with Crippen molar-refractivity contribution < 1.29 is 4.79 Å². The molecule has 1 unspecified atom stereocenters. The summed E-state index contributed by atoms with van der Waals surface area (Å²) in [6.07, 6.45) is 0. The van der Waals surface area contributed by atoms with E-state index in [0.717, 1.165) is 5.56 Å². The molecule has 3 nitrogen and oxygen atoms in total. The zero-order chi connectivity index (χ0) is 12.1. The molecule has 17 heavy (non-hydrogen) atoms. The molecule has 1 aromatic carbocycles. The van der Waals surface area contributed by atoms with E-state index < -0.39 is 0 Å². The van der Waals surface area contributed by atoms with E-state index >= 15 is 0 Å². The van der Waals surface area contributed by atoms with Crippen molar-refractivity contribution >= 4 is 29.9 Å². The SMILES string of the molecule is CNC(C)CNC(=O)c1cc(C)cc(Cl)c1.Cl. The van der Waals surface area contributed by atoms with Crippen molar-refractivity contribution in [3.63, 3.8) is 0 Å². The van der Waals surface area contributed by atoms with Crippen LogP contribution in [-0.4, -0.2) is 25.5 Å². The average Bonchev–Trinajstić information content (AvgIpc) is 2.23. The van der Waals surface area contributed by atoms with Crippen molar-refractivity contribution in [3.8, 4) is 0 Å². The summed E-state index contributed by atoms with van der Waals surface area (Å²) >= 11 is 5.89. The van der Waals surface area contributed by atoms with Gasteiger partial charge in [-0.2, -0.15) is 0 Å². The van der Waals surface area contributed by atoms with Gasteiger partial charge in [-0.25, -0.2) is 0 Å². The van der Waals surface area contributed by atoms with E-state index in [1.807, 2.05) is 33.0 Å². The first kappa shape index (κ1) is 16.2. The van der Waals surface area contributed by atoms with Gasteiger partial charge in [-0.1, -0.05) is 11.6 Å². The predicted molar refractivity (Wildman–Crippen MR) is 74.3 cm³/mol. The minimum atomic E-state index is -0.0901. The smallest absolute Gasteiger partial charge is 0.251 e. The largest absolute Gasteiger partial charge is 0.350 e. The lowest BCUT2D eigenvalue weighted by Gasteiger charge is -2.11. The van der Waals surface area contributed by atoms with E-state index in [4.69, 9.17) is 11.6 Å². The van der Waals surface area contributed by atoms with Gasteiger partial charge in [0.25, 0.3) is 5.91 Å². The number of rotatable bonds is 4. The van der Waals surface area contributed by atoms with E-state index in [1.54, 1.807) is 6.07 Å². The van der Waals surface area contributed by atoms with Crippen LogP contribution in [-0.2, 0) is 0 Å². The van der Waals surface area contributed by atoms with Crippen LogP contribution in [0.25, 0.3) is 0 Å². The fourth-order valence-electron chi connectivity index (χ4n) is 1.32. The van der Waals surface area contributed by atoms with Gasteiger partial charge in [0.2, 0.25) is 0 Å². The minimum Gasteiger partial charge on any atom is -0.350 e. The van der Waals surface area contributed by atoms with Crippen LogP contribution in [0.5, 0.6) is 0 Å². The molecular weight excluding hydrogens is 259 g/mol. The third-order valence-corrected chi connectivity index (χ3v) is 2.58. The Kier molecular flexibility index (Phi) is 7.19. The number of nitrogens with one attached hydrogen (secondary N) is 2. The first-order valence-electron chi connectivity index (χ1n) is 5.25. The molecule has 0 saturated carbocycles. The maximum Gasteiger partial charge on any atom is 0.251 e. The first-order chi connectivity index (χ1) is 7.52. The summed E-state index contributed by atoms with van der Waals surface area (Å²) in [6, 6.07) is 5.58. The minimum absolute atomic E-state index is 0. The number of amides is 1. The highest BCUT2D eigenvalue weighted by Crippen LogP contribution is 2.14. The number of aryl methyl sites for hydroxylation is 1. The van der Waals surface area contributed by atoms with Gasteiger partial charge in [0, 0.05) is 23.2 Å². The summed E-state index contributed by atoms with van der Waals surface area (Å²) in [6.45, 7) is 4.52. The van der Waals surface area contributed by atoms with Crippen LogP contribution in [0.15, 0.2) is 18.2 Å². The number of carbonyl (C=O) groups is 1. The highest BCUT2D eigenvalue weighted by molar-refractivity contribution is 6.31. The molecule has 1 atom stereocenters. The van der Waals surface area contributed by atoms with Crippen molar-refractivity contribution in [2.45, 2.75) is 19.9 Å². The highest BCUT2D eigenvalue weighted by Gasteiger charge is 2.07. The van der Waals surface area contributed by atoms with Crippen LogP contribution in [0.2, 0.25) is 5.02 Å². The van der Waals surface area contributed by atoms with Crippen molar-refractivity contribution in [1.82, 2.24) is 10.6 Å². The molecule has 0 aromatic heterocycles. The summed E-state index contributed by atoms with van der Waals surface area (Å²) in [5, 5.41) is 6.49. The molecule has 96 valence electrons. The second-order valence-electron chi connectivity index (χ2n) is 3.92. The third-order valence-electron chi connectivity index (χ3n) is 2.37. The summed E-state index contributed by atoms with van der Waals surface area (Å²) in [5.74, 6) is -0.0901. The summed E-state index contributed by atoms with van der Waals surface area (Å²) in [7, 11) is 1.86. The molecule has 0 aliphatic rings. The van der Waals surface area contributed by atoms with Crippen LogP contribution >= 0.6 is 24.0 Å². The van der Waals surface area contributed by atoms with E-state index in [-0.39, 0.29) is 24.4 Å². The maximum absolute atomic E-state index is 11.8. The number of carbonyl (C=O) groups excluding carboxylic acids is 1. The topological polar surface area (TPSA) is 41.1 Å². The Bertz CT molecular complexity index is 363. The molecule has 0 radical (unpaired) electrons. The monoisotopic (exact) mass is 276 g/mol. The molecule has 0 heterocycles. The Morgan fingerprint density at radius 2 is 2.06 bits per heavy atom. The first-order valence-corrected chi connectivity index (χ1v) is 5.63. The predicted octanol–water partition coefficient (Wildman–Crippen LogP) is 2.41. The Balaban J connectivity index is 0.00000256. The van der Waals surface area contributed by atoms with Crippen LogP contribution in [0.1, 0.15) is 22.8 Å². The number of benzene rings is 1. The molecule has 0 aliphatic heterocycles. The fraction of sp³-hybridized carbons (Fsp3) is 0.417. The second-order valence-corrected chi connectivity index (χ2v) is 4.35. The maximum atomic E-state index is 11.8. The van der Waals surface area contributed by atoms with Gasteiger partial charge in [0.1, 0.15) is 0 Å². The number of likely N-dealkylation sites (N-methyl/N-ethyl adjacent to an activating group) is 1. The lowest BCUT2D eigenvalue weighted by atomic mass is 10.1. The zero-order valence-corrected chi connectivity index (χ0v) is 11.8. The van der Waals surface area contributed by atoms with E-state index in [2.05, 4.69) is 10.6 Å². The number of hydrogen-bond donors (Lipinski definition) is 2. The lowest BCUT2D eigenvalue weighted by Crippen LogP contribution is -2.37. The number of halogens is 2. The molecule has 0 bridgehead atoms. The molecule has 1 amide bonds. The van der Waals surface area contributed by atoms with Gasteiger partial charge in [-0.15, -0.1) is 12.4 Å². The molecule has 2 N–H and O–H groups in total.